The van der Waals surface area contributed by atoms with Crippen LogP contribution in [0.3, 0.4) is 0 Å². The van der Waals surface area contributed by atoms with Gasteiger partial charge in [-0.25, -0.2) is 0 Å². The van der Waals surface area contributed by atoms with Crippen LogP contribution < -0.4 is 0 Å². The van der Waals surface area contributed by atoms with Crippen molar-refractivity contribution in [2.24, 2.45) is 0 Å². The average molecular weight is 609 g/mol. The second-order valence-corrected chi connectivity index (χ2v) is 12.5. The summed E-state index contributed by atoms with van der Waals surface area (Å²) < 4.78 is 0. The first-order valence-electron chi connectivity index (χ1n) is 16.6. The summed E-state index contributed by atoms with van der Waals surface area (Å²) in [5.74, 6) is 0. The van der Waals surface area contributed by atoms with Crippen molar-refractivity contribution in [3.05, 3.63) is 194 Å². The van der Waals surface area contributed by atoms with Crippen LogP contribution in [0.15, 0.2) is 194 Å². The molecule has 0 saturated carbocycles. The molecule has 0 aliphatic carbocycles. The standard InChI is InChI=1S/C48H32/c1-4-15-33(16-5-1)36-23-14-24-39(27-36)47-43-25-12-13-26-44(43)48(46-32-38-22-11-10-21-37(38)31-45(46)47)42-29-40(34-17-6-2-7-18-34)28-41(30-42)35-19-8-3-9-20-35/h1-32H. The minimum atomic E-state index is 1.21. The molecule has 0 amide bonds. The van der Waals surface area contributed by atoms with Gasteiger partial charge in [0, 0.05) is 0 Å². The van der Waals surface area contributed by atoms with Crippen molar-refractivity contribution in [2.75, 3.05) is 0 Å². The van der Waals surface area contributed by atoms with Crippen LogP contribution in [0.2, 0.25) is 0 Å². The summed E-state index contributed by atoms with van der Waals surface area (Å²) >= 11 is 0. The number of benzene rings is 9. The molecule has 0 heteroatoms. The van der Waals surface area contributed by atoms with Crippen LogP contribution in [0.1, 0.15) is 0 Å². The van der Waals surface area contributed by atoms with Gasteiger partial charge in [-0.2, -0.15) is 0 Å². The van der Waals surface area contributed by atoms with Crippen molar-refractivity contribution >= 4 is 32.3 Å². The molecule has 0 bridgehead atoms. The highest BCUT2D eigenvalue weighted by Crippen LogP contribution is 2.46. The smallest absolute Gasteiger partial charge is 0.00257 e. The van der Waals surface area contributed by atoms with Gasteiger partial charge in [0.1, 0.15) is 0 Å². The highest BCUT2D eigenvalue weighted by molar-refractivity contribution is 6.24. The highest BCUT2D eigenvalue weighted by Gasteiger charge is 2.19. The van der Waals surface area contributed by atoms with E-state index in [4.69, 9.17) is 0 Å². The van der Waals surface area contributed by atoms with Crippen LogP contribution in [0.5, 0.6) is 0 Å². The first-order valence-corrected chi connectivity index (χ1v) is 16.6. The van der Waals surface area contributed by atoms with E-state index in [1.165, 1.54) is 88.0 Å². The zero-order chi connectivity index (χ0) is 31.9. The van der Waals surface area contributed by atoms with Crippen molar-refractivity contribution in [1.29, 1.82) is 0 Å². The molecule has 224 valence electrons. The van der Waals surface area contributed by atoms with Gasteiger partial charge in [-0.1, -0.05) is 158 Å². The minimum absolute atomic E-state index is 1.21. The molecule has 0 spiro atoms. The van der Waals surface area contributed by atoms with E-state index in [2.05, 4.69) is 194 Å². The normalized spacial score (nSPS) is 11.3. The number of hydrogen-bond acceptors (Lipinski definition) is 0. The molecule has 0 N–H and O–H groups in total. The number of fused-ring (bicyclic) bond motifs is 3. The van der Waals surface area contributed by atoms with Gasteiger partial charge in [0.2, 0.25) is 0 Å². The van der Waals surface area contributed by atoms with Gasteiger partial charge in [-0.15, -0.1) is 0 Å². The van der Waals surface area contributed by atoms with E-state index in [0.717, 1.165) is 0 Å². The van der Waals surface area contributed by atoms with Crippen LogP contribution in [0.4, 0.5) is 0 Å². The minimum Gasteiger partial charge on any atom is -0.0622 e. The summed E-state index contributed by atoms with van der Waals surface area (Å²) in [5, 5.41) is 7.52. The SMILES string of the molecule is c1ccc(-c2cccc(-c3c4ccccc4c(-c4cc(-c5ccccc5)cc(-c5ccccc5)c4)c4cc5ccccc5cc34)c2)cc1. The molecule has 0 aromatic heterocycles. The predicted octanol–water partition coefficient (Wildman–Crippen LogP) is 13.5. The van der Waals surface area contributed by atoms with Crippen molar-refractivity contribution in [3.63, 3.8) is 0 Å². The molecule has 9 aromatic carbocycles. The molecule has 0 fully saturated rings. The maximum Gasteiger partial charge on any atom is -0.00257 e. The Morgan fingerprint density at radius 1 is 0.188 bits per heavy atom. The Labute approximate surface area is 281 Å². The molecule has 0 saturated heterocycles. The Kier molecular flexibility index (Phi) is 6.91. The van der Waals surface area contributed by atoms with Gasteiger partial charge in [0.25, 0.3) is 0 Å². The van der Waals surface area contributed by atoms with Crippen LogP contribution in [0.25, 0.3) is 88.0 Å². The van der Waals surface area contributed by atoms with E-state index >= 15 is 0 Å². The summed E-state index contributed by atoms with van der Waals surface area (Å²) in [4.78, 5) is 0. The maximum absolute atomic E-state index is 2.41. The van der Waals surface area contributed by atoms with Crippen molar-refractivity contribution in [2.45, 2.75) is 0 Å². The Morgan fingerprint density at radius 2 is 0.542 bits per heavy atom. The van der Waals surface area contributed by atoms with E-state index in [0.29, 0.717) is 0 Å². The molecule has 0 aliphatic rings. The van der Waals surface area contributed by atoms with E-state index in [1.54, 1.807) is 0 Å². The maximum atomic E-state index is 2.41. The lowest BCUT2D eigenvalue weighted by atomic mass is 9.83. The van der Waals surface area contributed by atoms with Crippen LogP contribution in [0, 0.1) is 0 Å². The van der Waals surface area contributed by atoms with Crippen LogP contribution in [-0.4, -0.2) is 0 Å². The Balaban J connectivity index is 1.40. The first kappa shape index (κ1) is 28.0. The third kappa shape index (κ3) is 4.96. The second-order valence-electron chi connectivity index (χ2n) is 12.5. The predicted molar refractivity (Wildman–Crippen MR) is 206 cm³/mol. The first-order chi connectivity index (χ1) is 23.8. The van der Waals surface area contributed by atoms with Crippen LogP contribution in [-0.2, 0) is 0 Å². The molecule has 0 atom stereocenters. The molecule has 9 aromatic rings. The zero-order valence-electron chi connectivity index (χ0n) is 26.5. The molecule has 0 aliphatic heterocycles. The van der Waals surface area contributed by atoms with E-state index < -0.39 is 0 Å². The van der Waals surface area contributed by atoms with E-state index in [-0.39, 0.29) is 0 Å². The lowest BCUT2D eigenvalue weighted by molar-refractivity contribution is 1.58. The van der Waals surface area contributed by atoms with Gasteiger partial charge in [-0.3, -0.25) is 0 Å². The summed E-state index contributed by atoms with van der Waals surface area (Å²) in [6.45, 7) is 0. The summed E-state index contributed by atoms with van der Waals surface area (Å²) in [7, 11) is 0. The summed E-state index contributed by atoms with van der Waals surface area (Å²) in [6, 6.07) is 70.9. The Hall–Kier alpha value is -6.24. The number of hydrogen-bond donors (Lipinski definition) is 0. The molecule has 9 rings (SSSR count). The van der Waals surface area contributed by atoms with Crippen LogP contribution >= 0.6 is 0 Å². The van der Waals surface area contributed by atoms with Crippen molar-refractivity contribution < 1.29 is 0 Å². The fourth-order valence-corrected chi connectivity index (χ4v) is 7.34. The molecule has 48 heavy (non-hydrogen) atoms. The monoisotopic (exact) mass is 608 g/mol. The fraction of sp³-hybridized carbons (Fsp3) is 0. The third-order valence-corrected chi connectivity index (χ3v) is 9.58. The molecular weight excluding hydrogens is 577 g/mol. The Morgan fingerprint density at radius 3 is 1.06 bits per heavy atom. The highest BCUT2D eigenvalue weighted by atomic mass is 14.2. The molecule has 0 nitrogen and oxygen atoms in total. The molecule has 0 heterocycles. The van der Waals surface area contributed by atoms with Crippen molar-refractivity contribution in [3.8, 4) is 55.6 Å². The summed E-state index contributed by atoms with van der Waals surface area (Å²) in [6.07, 6.45) is 0. The zero-order valence-corrected chi connectivity index (χ0v) is 26.5. The molecule has 0 unspecified atom stereocenters. The lowest BCUT2D eigenvalue weighted by Crippen LogP contribution is -1.93. The number of rotatable bonds is 5. The summed E-state index contributed by atoms with van der Waals surface area (Å²) in [5.41, 5.74) is 12.3. The quantitative estimate of drug-likeness (QED) is 0.171. The molecular formula is C48H32. The van der Waals surface area contributed by atoms with Gasteiger partial charge >= 0.3 is 0 Å². The van der Waals surface area contributed by atoms with E-state index in [1.807, 2.05) is 0 Å². The third-order valence-electron chi connectivity index (χ3n) is 9.58. The Bertz CT molecular complexity index is 2520. The fourth-order valence-electron chi connectivity index (χ4n) is 7.34. The van der Waals surface area contributed by atoms with Gasteiger partial charge in [-0.05, 0) is 124 Å². The second kappa shape index (κ2) is 11.8. The van der Waals surface area contributed by atoms with Gasteiger partial charge in [0.05, 0.1) is 0 Å². The van der Waals surface area contributed by atoms with E-state index in [9.17, 15) is 0 Å². The average Bonchev–Trinajstić information content (AvgIpc) is 3.17. The van der Waals surface area contributed by atoms with Crippen molar-refractivity contribution in [1.82, 2.24) is 0 Å². The topological polar surface area (TPSA) is 0 Å². The van der Waals surface area contributed by atoms with Gasteiger partial charge < -0.3 is 0 Å². The largest absolute Gasteiger partial charge is 0.0622 e. The molecule has 0 radical (unpaired) electrons. The lowest BCUT2D eigenvalue weighted by Gasteiger charge is -2.20. The van der Waals surface area contributed by atoms with Gasteiger partial charge in [0.15, 0.2) is 0 Å².